The first-order valence-electron chi connectivity index (χ1n) is 8.40. The lowest BCUT2D eigenvalue weighted by Crippen LogP contribution is -2.37. The van der Waals surface area contributed by atoms with Crippen molar-refractivity contribution < 1.29 is 18.4 Å². The Kier molecular flexibility index (Phi) is 5.73. The van der Waals surface area contributed by atoms with Crippen molar-refractivity contribution in [1.82, 2.24) is 20.2 Å². The van der Waals surface area contributed by atoms with Gasteiger partial charge in [-0.15, -0.1) is 0 Å². The van der Waals surface area contributed by atoms with E-state index in [0.29, 0.717) is 5.52 Å². The van der Waals surface area contributed by atoms with Crippen LogP contribution in [0.4, 0.5) is 8.78 Å². The van der Waals surface area contributed by atoms with Gasteiger partial charge in [-0.2, -0.15) is 0 Å². The highest BCUT2D eigenvalue weighted by Crippen LogP contribution is 2.08. The molecule has 1 heterocycles. The molecule has 0 saturated carbocycles. The minimum atomic E-state index is -0.636. The molecule has 0 aliphatic heterocycles. The molecule has 0 unspecified atom stereocenters. The van der Waals surface area contributed by atoms with E-state index in [1.54, 1.807) is 6.07 Å². The number of fused-ring (bicyclic) bond motifs is 1. The zero-order valence-electron chi connectivity index (χ0n) is 14.6. The molecular weight excluding hydrogens is 370 g/mol. The Labute approximate surface area is 158 Å². The van der Waals surface area contributed by atoms with E-state index in [4.69, 9.17) is 0 Å². The summed E-state index contributed by atoms with van der Waals surface area (Å²) in [4.78, 5) is 40.2. The van der Waals surface area contributed by atoms with Gasteiger partial charge in [0, 0.05) is 13.1 Å². The predicted octanol–water partition coefficient (Wildman–Crippen LogP) is 1.22. The smallest absolute Gasteiger partial charge is 0.261 e. The van der Waals surface area contributed by atoms with Crippen molar-refractivity contribution in [2.45, 2.75) is 6.54 Å². The van der Waals surface area contributed by atoms with Crippen LogP contribution >= 0.6 is 0 Å². The third-order valence-electron chi connectivity index (χ3n) is 3.95. The first-order valence-corrected chi connectivity index (χ1v) is 8.40. The monoisotopic (exact) mass is 386 g/mol. The van der Waals surface area contributed by atoms with Crippen molar-refractivity contribution in [1.29, 1.82) is 0 Å². The zero-order valence-corrected chi connectivity index (χ0v) is 14.6. The third kappa shape index (κ3) is 4.37. The highest BCUT2D eigenvalue weighted by atomic mass is 19.1. The first kappa shape index (κ1) is 19.2. The quantitative estimate of drug-likeness (QED) is 0.623. The van der Waals surface area contributed by atoms with Gasteiger partial charge in [-0.05, 0) is 30.3 Å². The second kappa shape index (κ2) is 8.38. The molecule has 2 aromatic carbocycles. The minimum Gasteiger partial charge on any atom is -0.353 e. The third-order valence-corrected chi connectivity index (χ3v) is 3.95. The molecule has 3 rings (SSSR count). The first-order chi connectivity index (χ1) is 13.5. The fourth-order valence-electron chi connectivity index (χ4n) is 2.57. The van der Waals surface area contributed by atoms with Crippen LogP contribution in [0.1, 0.15) is 10.4 Å². The van der Waals surface area contributed by atoms with Crippen LogP contribution in [-0.2, 0) is 11.3 Å². The summed E-state index contributed by atoms with van der Waals surface area (Å²) in [5.74, 6) is -2.29. The largest absolute Gasteiger partial charge is 0.353 e. The Bertz CT molecular complexity index is 1100. The Hall–Kier alpha value is -3.62. The second-order valence-electron chi connectivity index (χ2n) is 5.92. The van der Waals surface area contributed by atoms with Crippen LogP contribution < -0.4 is 16.2 Å². The van der Waals surface area contributed by atoms with E-state index in [1.807, 2.05) is 0 Å². The Morgan fingerprint density at radius 3 is 2.57 bits per heavy atom. The number of rotatable bonds is 6. The average Bonchev–Trinajstić information content (AvgIpc) is 2.68. The molecule has 0 aliphatic rings. The summed E-state index contributed by atoms with van der Waals surface area (Å²) in [6.45, 7) is -0.141. The maximum Gasteiger partial charge on any atom is 0.261 e. The number of carbonyl (C=O) groups excluding carboxylic acids is 2. The SMILES string of the molecule is O=C(Cn1cnc2ccc(F)cc2c1=O)NCCNC(=O)c1ccccc1F. The molecule has 0 fully saturated rings. The molecule has 2 N–H and O–H groups in total. The van der Waals surface area contributed by atoms with Gasteiger partial charge in [-0.1, -0.05) is 12.1 Å². The molecule has 2 amide bonds. The van der Waals surface area contributed by atoms with Gasteiger partial charge in [0.25, 0.3) is 11.5 Å². The second-order valence-corrected chi connectivity index (χ2v) is 5.92. The van der Waals surface area contributed by atoms with Crippen LogP contribution in [0.25, 0.3) is 10.9 Å². The number of benzene rings is 2. The number of hydrogen-bond donors (Lipinski definition) is 2. The van der Waals surface area contributed by atoms with Crippen LogP contribution in [-0.4, -0.2) is 34.5 Å². The van der Waals surface area contributed by atoms with Gasteiger partial charge in [0.1, 0.15) is 18.2 Å². The summed E-state index contributed by atoms with van der Waals surface area (Å²) < 4.78 is 27.9. The topological polar surface area (TPSA) is 93.1 Å². The van der Waals surface area contributed by atoms with Gasteiger partial charge in [0.2, 0.25) is 5.91 Å². The molecular formula is C19H16F2N4O3. The average molecular weight is 386 g/mol. The normalized spacial score (nSPS) is 10.6. The van der Waals surface area contributed by atoms with Gasteiger partial charge in [0.05, 0.1) is 22.8 Å². The van der Waals surface area contributed by atoms with E-state index in [0.717, 1.165) is 10.6 Å². The molecule has 1 aromatic heterocycles. The van der Waals surface area contributed by atoms with Crippen molar-refractivity contribution in [3.05, 3.63) is 76.3 Å². The van der Waals surface area contributed by atoms with E-state index in [9.17, 15) is 23.2 Å². The summed E-state index contributed by atoms with van der Waals surface area (Å²) in [6.07, 6.45) is 1.21. The zero-order chi connectivity index (χ0) is 20.1. The summed E-state index contributed by atoms with van der Waals surface area (Å²) in [5, 5.41) is 5.09. The maximum atomic E-state index is 13.5. The van der Waals surface area contributed by atoms with Gasteiger partial charge in [-0.3, -0.25) is 19.0 Å². The fourth-order valence-corrected chi connectivity index (χ4v) is 2.57. The Balaban J connectivity index is 1.53. The van der Waals surface area contributed by atoms with Crippen molar-refractivity contribution in [3.63, 3.8) is 0 Å². The number of carbonyl (C=O) groups is 2. The lowest BCUT2D eigenvalue weighted by Gasteiger charge is -2.09. The van der Waals surface area contributed by atoms with E-state index in [-0.39, 0.29) is 30.6 Å². The van der Waals surface area contributed by atoms with Gasteiger partial charge in [0.15, 0.2) is 0 Å². The molecule has 7 nitrogen and oxygen atoms in total. The summed E-state index contributed by atoms with van der Waals surface area (Å²) >= 11 is 0. The Morgan fingerprint density at radius 2 is 1.79 bits per heavy atom. The van der Waals surface area contributed by atoms with E-state index in [1.165, 1.54) is 36.7 Å². The van der Waals surface area contributed by atoms with E-state index in [2.05, 4.69) is 15.6 Å². The lowest BCUT2D eigenvalue weighted by molar-refractivity contribution is -0.121. The molecule has 0 saturated heterocycles. The number of aromatic nitrogens is 2. The molecule has 144 valence electrons. The number of nitrogens with one attached hydrogen (secondary N) is 2. The van der Waals surface area contributed by atoms with Gasteiger partial charge >= 0.3 is 0 Å². The Morgan fingerprint density at radius 1 is 1.04 bits per heavy atom. The standard InChI is InChI=1S/C19H16F2N4O3/c20-12-5-6-16-14(9-12)19(28)25(11-24-16)10-17(26)22-7-8-23-18(27)13-3-1-2-4-15(13)21/h1-6,9,11H,7-8,10H2,(H,22,26)(H,23,27). The molecule has 0 atom stereocenters. The van der Waals surface area contributed by atoms with Crippen LogP contribution in [0.3, 0.4) is 0 Å². The van der Waals surface area contributed by atoms with Crippen LogP contribution in [0.15, 0.2) is 53.6 Å². The number of nitrogens with zero attached hydrogens (tertiary/aromatic N) is 2. The minimum absolute atomic E-state index is 0.0763. The van der Waals surface area contributed by atoms with Crippen LogP contribution in [0.2, 0.25) is 0 Å². The predicted molar refractivity (Wildman–Crippen MR) is 97.7 cm³/mol. The molecule has 9 heteroatoms. The molecule has 0 radical (unpaired) electrons. The molecule has 28 heavy (non-hydrogen) atoms. The number of hydrogen-bond acceptors (Lipinski definition) is 4. The van der Waals surface area contributed by atoms with Crippen molar-refractivity contribution in [2.24, 2.45) is 0 Å². The van der Waals surface area contributed by atoms with E-state index < -0.39 is 29.0 Å². The maximum absolute atomic E-state index is 13.5. The fraction of sp³-hybridized carbons (Fsp3) is 0.158. The van der Waals surface area contributed by atoms with E-state index >= 15 is 0 Å². The van der Waals surface area contributed by atoms with Crippen LogP contribution in [0, 0.1) is 11.6 Å². The summed E-state index contributed by atoms with van der Waals surface area (Å²) in [6, 6.07) is 9.20. The summed E-state index contributed by atoms with van der Waals surface area (Å²) in [5.41, 5.74) is -0.290. The van der Waals surface area contributed by atoms with Gasteiger partial charge < -0.3 is 10.6 Å². The molecule has 0 bridgehead atoms. The molecule has 3 aromatic rings. The molecule has 0 spiro atoms. The highest BCUT2D eigenvalue weighted by Gasteiger charge is 2.11. The molecule has 0 aliphatic carbocycles. The highest BCUT2D eigenvalue weighted by molar-refractivity contribution is 5.94. The van der Waals surface area contributed by atoms with Crippen molar-refractivity contribution in [2.75, 3.05) is 13.1 Å². The van der Waals surface area contributed by atoms with Gasteiger partial charge in [-0.25, -0.2) is 13.8 Å². The van der Waals surface area contributed by atoms with Crippen molar-refractivity contribution in [3.8, 4) is 0 Å². The lowest BCUT2D eigenvalue weighted by atomic mass is 10.2. The van der Waals surface area contributed by atoms with Crippen molar-refractivity contribution >= 4 is 22.7 Å². The van der Waals surface area contributed by atoms with Crippen LogP contribution in [0.5, 0.6) is 0 Å². The summed E-state index contributed by atoms with van der Waals surface area (Å²) in [7, 11) is 0. The number of amides is 2. The number of halogens is 2.